The molecule has 1 aromatic carbocycles. The zero-order valence-electron chi connectivity index (χ0n) is 16.2. The Kier molecular flexibility index (Phi) is 6.65. The molecule has 6 N–H and O–H groups in total. The number of nitrogens with one attached hydrogen (secondary N) is 1. The van der Waals surface area contributed by atoms with Crippen LogP contribution in [0.2, 0.25) is 0 Å². The van der Waals surface area contributed by atoms with Crippen LogP contribution in [0.25, 0.3) is 11.2 Å². The van der Waals surface area contributed by atoms with Gasteiger partial charge in [-0.05, 0) is 46.4 Å². The number of aliphatic hydroxyl groups excluding tert-OH is 3. The third kappa shape index (κ3) is 4.72. The van der Waals surface area contributed by atoms with E-state index in [2.05, 4.69) is 47.4 Å². The summed E-state index contributed by atoms with van der Waals surface area (Å²) in [6, 6.07) is 4.62. The van der Waals surface area contributed by atoms with Gasteiger partial charge in [0.15, 0.2) is 23.2 Å². The summed E-state index contributed by atoms with van der Waals surface area (Å²) in [7, 11) is -4.68. The Hall–Kier alpha value is -1.91. The van der Waals surface area contributed by atoms with Crippen LogP contribution in [0, 0.1) is 3.57 Å². The number of benzene rings is 1. The average molecular weight is 579 g/mol. The maximum atomic E-state index is 11.1. The Labute approximate surface area is 194 Å². The number of hydrogen-bond donors (Lipinski definition) is 6. The maximum absolute atomic E-state index is 11.1. The van der Waals surface area contributed by atoms with Crippen LogP contribution in [0.4, 0.5) is 5.82 Å². The minimum atomic E-state index is -4.68. The van der Waals surface area contributed by atoms with Crippen molar-refractivity contribution in [3.05, 3.63) is 40.0 Å². The van der Waals surface area contributed by atoms with Crippen LogP contribution in [0.5, 0.6) is 5.75 Å². The maximum Gasteiger partial charge on any atom is 0.524 e. The van der Waals surface area contributed by atoms with E-state index in [1.165, 1.54) is 29.4 Å². The molecule has 1 aliphatic rings. The first-order valence-corrected chi connectivity index (χ1v) is 11.9. The van der Waals surface area contributed by atoms with Gasteiger partial charge >= 0.3 is 7.82 Å². The Balaban J connectivity index is 1.57. The summed E-state index contributed by atoms with van der Waals surface area (Å²) < 4.78 is 23.5. The molecule has 0 unspecified atom stereocenters. The van der Waals surface area contributed by atoms with Gasteiger partial charge in [-0.3, -0.25) is 14.4 Å². The number of rotatable bonds is 7. The molecule has 4 rings (SSSR count). The predicted octanol–water partition coefficient (Wildman–Crippen LogP) is 0.126. The molecular weight excluding hydrogens is 560 g/mol. The first kappa shape index (κ1) is 23.3. The highest BCUT2D eigenvalue weighted by atomic mass is 127. The number of hydrogen-bond acceptors (Lipinski definition) is 10. The summed E-state index contributed by atoms with van der Waals surface area (Å²) in [5, 5.41) is 32.7. The third-order valence-electron chi connectivity index (χ3n) is 4.84. The first-order chi connectivity index (χ1) is 15.2. The predicted molar refractivity (Wildman–Crippen MR) is 117 cm³/mol. The van der Waals surface area contributed by atoms with Crippen LogP contribution in [0.1, 0.15) is 11.8 Å². The molecule has 13 nitrogen and oxygen atoms in total. The van der Waals surface area contributed by atoms with E-state index < -0.39 is 39.0 Å². The van der Waals surface area contributed by atoms with Crippen LogP contribution < -0.4 is 9.84 Å². The summed E-state index contributed by atoms with van der Waals surface area (Å²) >= 11 is 2.08. The second-order valence-electron chi connectivity index (χ2n) is 6.96. The molecule has 2 aromatic heterocycles. The topological polar surface area (TPSA) is 192 Å². The minimum Gasteiger partial charge on any atom is -0.404 e. The molecular formula is C17H19IN5O8P. The number of fused-ring (bicyclic) bond motifs is 1. The van der Waals surface area contributed by atoms with E-state index in [4.69, 9.17) is 14.5 Å². The van der Waals surface area contributed by atoms with Gasteiger partial charge in [0.05, 0.1) is 12.9 Å². The van der Waals surface area contributed by atoms with Gasteiger partial charge in [-0.2, -0.15) is 0 Å². The molecule has 0 aliphatic carbocycles. The van der Waals surface area contributed by atoms with Crippen LogP contribution >= 0.6 is 30.4 Å². The summed E-state index contributed by atoms with van der Waals surface area (Å²) in [5.74, 6) is 0.398. The van der Waals surface area contributed by atoms with Crippen molar-refractivity contribution < 1.29 is 38.9 Å². The fourth-order valence-corrected chi connectivity index (χ4v) is 4.25. The van der Waals surface area contributed by atoms with Gasteiger partial charge in [0.25, 0.3) is 0 Å². The SMILES string of the molecule is O=P(O)(O)Oc1ccc(I)c(CNc2ncnc3c2ncn3[C@@H]2O[C@H](CO)[C@@H](O)[C@H]2O)c1. The molecule has 1 fully saturated rings. The van der Waals surface area contributed by atoms with E-state index in [9.17, 15) is 19.9 Å². The van der Waals surface area contributed by atoms with Gasteiger partial charge in [-0.15, -0.1) is 0 Å². The number of anilines is 1. The molecule has 15 heteroatoms. The van der Waals surface area contributed by atoms with Crippen molar-refractivity contribution in [2.75, 3.05) is 11.9 Å². The number of ether oxygens (including phenoxy) is 1. The van der Waals surface area contributed by atoms with Crippen molar-refractivity contribution >= 4 is 47.4 Å². The molecule has 4 atom stereocenters. The fraction of sp³-hybridized carbons (Fsp3) is 0.353. The first-order valence-electron chi connectivity index (χ1n) is 9.25. The summed E-state index contributed by atoms with van der Waals surface area (Å²) in [5.41, 5.74) is 1.42. The quantitative estimate of drug-likeness (QED) is 0.164. The highest BCUT2D eigenvalue weighted by molar-refractivity contribution is 14.1. The number of aromatic nitrogens is 4. The molecule has 0 radical (unpaired) electrons. The van der Waals surface area contributed by atoms with Gasteiger partial charge in [0, 0.05) is 10.1 Å². The number of phosphoric ester groups is 1. The van der Waals surface area contributed by atoms with Crippen LogP contribution in [0.3, 0.4) is 0 Å². The second kappa shape index (κ2) is 9.15. The molecule has 0 amide bonds. The molecule has 0 spiro atoms. The molecule has 0 saturated carbocycles. The zero-order chi connectivity index (χ0) is 23.0. The van der Waals surface area contributed by atoms with Crippen molar-refractivity contribution in [3.63, 3.8) is 0 Å². The highest BCUT2D eigenvalue weighted by Crippen LogP contribution is 2.38. The monoisotopic (exact) mass is 579 g/mol. The normalized spacial score (nSPS) is 23.6. The van der Waals surface area contributed by atoms with E-state index in [0.717, 1.165) is 3.57 Å². The molecule has 0 bridgehead atoms. The second-order valence-corrected chi connectivity index (χ2v) is 9.29. The Morgan fingerprint density at radius 3 is 2.69 bits per heavy atom. The Morgan fingerprint density at radius 2 is 2.00 bits per heavy atom. The minimum absolute atomic E-state index is 0.0250. The van der Waals surface area contributed by atoms with Crippen molar-refractivity contribution in [2.24, 2.45) is 0 Å². The van der Waals surface area contributed by atoms with Crippen molar-refractivity contribution in [1.82, 2.24) is 19.5 Å². The lowest BCUT2D eigenvalue weighted by Crippen LogP contribution is -2.33. The summed E-state index contributed by atoms with van der Waals surface area (Å²) in [6.07, 6.45) is -1.78. The molecule has 1 aliphatic heterocycles. The average Bonchev–Trinajstić information content (AvgIpc) is 3.29. The number of imidazole rings is 1. The van der Waals surface area contributed by atoms with E-state index in [0.29, 0.717) is 22.5 Å². The lowest BCUT2D eigenvalue weighted by atomic mass is 10.1. The molecule has 172 valence electrons. The van der Waals surface area contributed by atoms with Crippen molar-refractivity contribution in [3.8, 4) is 5.75 Å². The highest BCUT2D eigenvalue weighted by Gasteiger charge is 2.44. The smallest absolute Gasteiger partial charge is 0.404 e. The van der Waals surface area contributed by atoms with Gasteiger partial charge in [-0.25, -0.2) is 19.5 Å². The molecule has 3 heterocycles. The van der Waals surface area contributed by atoms with Crippen molar-refractivity contribution in [2.45, 2.75) is 31.1 Å². The van der Waals surface area contributed by atoms with Crippen LogP contribution in [-0.2, 0) is 15.8 Å². The largest absolute Gasteiger partial charge is 0.524 e. The number of phosphoric acid groups is 1. The summed E-state index contributed by atoms with van der Waals surface area (Å²) in [4.78, 5) is 30.7. The van der Waals surface area contributed by atoms with Crippen LogP contribution in [0.15, 0.2) is 30.9 Å². The third-order valence-corrected chi connectivity index (χ3v) is 6.34. The van der Waals surface area contributed by atoms with Crippen LogP contribution in [-0.4, -0.2) is 69.5 Å². The lowest BCUT2D eigenvalue weighted by molar-refractivity contribution is -0.0511. The lowest BCUT2D eigenvalue weighted by Gasteiger charge is -2.16. The van der Waals surface area contributed by atoms with Gasteiger partial charge in [-0.1, -0.05) is 0 Å². The fourth-order valence-electron chi connectivity index (χ4n) is 3.34. The van der Waals surface area contributed by atoms with Gasteiger partial charge < -0.3 is 29.9 Å². The Morgan fingerprint density at radius 1 is 1.22 bits per heavy atom. The molecule has 32 heavy (non-hydrogen) atoms. The Bertz CT molecular complexity index is 1170. The number of halogens is 1. The van der Waals surface area contributed by atoms with Crippen molar-refractivity contribution in [1.29, 1.82) is 0 Å². The zero-order valence-corrected chi connectivity index (χ0v) is 19.2. The van der Waals surface area contributed by atoms with Gasteiger partial charge in [0.2, 0.25) is 0 Å². The van der Waals surface area contributed by atoms with E-state index >= 15 is 0 Å². The number of aliphatic hydroxyl groups is 3. The van der Waals surface area contributed by atoms with E-state index in [-0.39, 0.29) is 12.3 Å². The summed E-state index contributed by atoms with van der Waals surface area (Å²) in [6.45, 7) is -0.212. The number of nitrogens with zero attached hydrogens (tertiary/aromatic N) is 4. The van der Waals surface area contributed by atoms with Gasteiger partial charge in [0.1, 0.15) is 30.4 Å². The van der Waals surface area contributed by atoms with E-state index in [1.54, 1.807) is 6.07 Å². The molecule has 1 saturated heterocycles. The molecule has 3 aromatic rings. The van der Waals surface area contributed by atoms with E-state index in [1.807, 2.05) is 0 Å². The standard InChI is InChI=1S/C17H19IN5O8P/c18-10-2-1-9(31-32(27,28)29)3-8(10)4-19-15-12-16(21-6-20-15)23(7-22-12)17-14(26)13(25)11(5-24)30-17/h1-3,6-7,11,13-14,17,24-26H,4-5H2,(H,19,20,21)(H2,27,28,29)/t11-,13-,14-,17-/m1/s1.